The quantitative estimate of drug-likeness (QED) is 0.837. The van der Waals surface area contributed by atoms with Crippen LogP contribution in [0.3, 0.4) is 0 Å². The summed E-state index contributed by atoms with van der Waals surface area (Å²) in [5.74, 6) is 0. The van der Waals surface area contributed by atoms with Gasteiger partial charge in [0.1, 0.15) is 0 Å². The summed E-state index contributed by atoms with van der Waals surface area (Å²) in [6, 6.07) is 1.19. The van der Waals surface area contributed by atoms with Gasteiger partial charge in [0.15, 0.2) is 0 Å². The van der Waals surface area contributed by atoms with E-state index in [0.29, 0.717) is 18.7 Å². The van der Waals surface area contributed by atoms with Crippen molar-refractivity contribution in [3.8, 4) is 0 Å². The monoisotopic (exact) mass is 224 g/mol. The van der Waals surface area contributed by atoms with E-state index in [-0.39, 0.29) is 5.02 Å². The Labute approximate surface area is 83.9 Å². The van der Waals surface area contributed by atoms with E-state index in [4.69, 9.17) is 17.3 Å². The molecule has 0 aliphatic heterocycles. The predicted molar refractivity (Wildman–Crippen MR) is 47.0 cm³/mol. The van der Waals surface area contributed by atoms with E-state index < -0.39 is 11.7 Å². The SMILES string of the molecule is NCCc1cc(Cl)c(C(F)(F)F)cn1. The summed E-state index contributed by atoms with van der Waals surface area (Å²) in [5.41, 5.74) is 4.78. The van der Waals surface area contributed by atoms with Gasteiger partial charge in [-0.15, -0.1) is 0 Å². The second-order valence-electron chi connectivity index (χ2n) is 2.69. The van der Waals surface area contributed by atoms with Crippen molar-refractivity contribution in [2.45, 2.75) is 12.6 Å². The molecule has 0 fully saturated rings. The highest BCUT2D eigenvalue weighted by Gasteiger charge is 2.33. The first-order chi connectivity index (χ1) is 6.45. The van der Waals surface area contributed by atoms with Gasteiger partial charge in [-0.3, -0.25) is 4.98 Å². The summed E-state index contributed by atoms with van der Waals surface area (Å²) in [6.07, 6.45) is -3.31. The van der Waals surface area contributed by atoms with E-state index in [0.717, 1.165) is 6.20 Å². The molecule has 14 heavy (non-hydrogen) atoms. The van der Waals surface area contributed by atoms with Crippen molar-refractivity contribution < 1.29 is 13.2 Å². The molecule has 78 valence electrons. The van der Waals surface area contributed by atoms with E-state index in [2.05, 4.69) is 4.98 Å². The molecule has 0 atom stereocenters. The number of halogens is 4. The van der Waals surface area contributed by atoms with Crippen molar-refractivity contribution in [1.29, 1.82) is 0 Å². The number of hydrogen-bond acceptors (Lipinski definition) is 2. The zero-order valence-electron chi connectivity index (χ0n) is 7.11. The highest BCUT2D eigenvalue weighted by atomic mass is 35.5. The maximum Gasteiger partial charge on any atom is 0.419 e. The summed E-state index contributed by atoms with van der Waals surface area (Å²) in [4.78, 5) is 3.61. The number of alkyl halides is 3. The Balaban J connectivity index is 3.02. The van der Waals surface area contributed by atoms with Gasteiger partial charge in [-0.1, -0.05) is 11.6 Å². The third-order valence-corrected chi connectivity index (χ3v) is 1.93. The molecule has 0 aliphatic carbocycles. The molecule has 0 spiro atoms. The zero-order chi connectivity index (χ0) is 10.8. The van der Waals surface area contributed by atoms with Crippen LogP contribution in [0.2, 0.25) is 5.02 Å². The number of aromatic nitrogens is 1. The van der Waals surface area contributed by atoms with Crippen LogP contribution < -0.4 is 5.73 Å². The number of hydrogen-bond donors (Lipinski definition) is 1. The maximum atomic E-state index is 12.2. The molecule has 0 radical (unpaired) electrons. The molecule has 2 nitrogen and oxygen atoms in total. The van der Waals surface area contributed by atoms with Gasteiger partial charge in [0.05, 0.1) is 10.6 Å². The molecule has 1 rings (SSSR count). The molecule has 0 aliphatic rings. The van der Waals surface area contributed by atoms with Crippen LogP contribution in [0.4, 0.5) is 13.2 Å². The number of rotatable bonds is 2. The van der Waals surface area contributed by atoms with Gasteiger partial charge in [-0.2, -0.15) is 13.2 Å². The van der Waals surface area contributed by atoms with Crippen molar-refractivity contribution in [3.63, 3.8) is 0 Å². The molecule has 0 amide bonds. The second-order valence-corrected chi connectivity index (χ2v) is 3.10. The van der Waals surface area contributed by atoms with Crippen molar-refractivity contribution in [2.24, 2.45) is 5.73 Å². The van der Waals surface area contributed by atoms with Crippen LogP contribution in [0.1, 0.15) is 11.3 Å². The van der Waals surface area contributed by atoms with Gasteiger partial charge in [-0.25, -0.2) is 0 Å². The van der Waals surface area contributed by atoms with Gasteiger partial charge in [0, 0.05) is 18.3 Å². The van der Waals surface area contributed by atoms with Gasteiger partial charge < -0.3 is 5.73 Å². The van der Waals surface area contributed by atoms with Crippen LogP contribution in [-0.4, -0.2) is 11.5 Å². The fourth-order valence-corrected chi connectivity index (χ4v) is 1.25. The van der Waals surface area contributed by atoms with E-state index in [1.165, 1.54) is 6.07 Å². The molecule has 2 N–H and O–H groups in total. The highest BCUT2D eigenvalue weighted by molar-refractivity contribution is 6.31. The van der Waals surface area contributed by atoms with Crippen LogP contribution in [0, 0.1) is 0 Å². The lowest BCUT2D eigenvalue weighted by Crippen LogP contribution is -2.09. The first kappa shape index (κ1) is 11.3. The Kier molecular flexibility index (Phi) is 3.34. The van der Waals surface area contributed by atoms with Crippen LogP contribution in [0.25, 0.3) is 0 Å². The van der Waals surface area contributed by atoms with Gasteiger partial charge in [0.25, 0.3) is 0 Å². The largest absolute Gasteiger partial charge is 0.419 e. The number of pyridine rings is 1. The topological polar surface area (TPSA) is 38.9 Å². The average molecular weight is 225 g/mol. The number of nitrogens with zero attached hydrogens (tertiary/aromatic N) is 1. The molecule has 0 saturated carbocycles. The minimum Gasteiger partial charge on any atom is -0.330 e. The second kappa shape index (κ2) is 4.14. The van der Waals surface area contributed by atoms with Gasteiger partial charge in [0.2, 0.25) is 0 Å². The molecular formula is C8H8ClF3N2. The Hall–Kier alpha value is -0.810. The van der Waals surface area contributed by atoms with Crippen LogP contribution in [0.15, 0.2) is 12.3 Å². The molecule has 0 aromatic carbocycles. The summed E-state index contributed by atoms with van der Waals surface area (Å²) >= 11 is 5.45. The molecule has 1 aromatic heterocycles. The Bertz CT molecular complexity index is 325. The van der Waals surface area contributed by atoms with E-state index >= 15 is 0 Å². The summed E-state index contributed by atoms with van der Waals surface area (Å²) in [5, 5.41) is -0.337. The normalized spacial score (nSPS) is 11.8. The van der Waals surface area contributed by atoms with E-state index in [9.17, 15) is 13.2 Å². The van der Waals surface area contributed by atoms with Crippen molar-refractivity contribution in [3.05, 3.63) is 28.5 Å². The minimum absolute atomic E-state index is 0.328. The smallest absolute Gasteiger partial charge is 0.330 e. The van der Waals surface area contributed by atoms with Crippen molar-refractivity contribution in [2.75, 3.05) is 6.54 Å². The maximum absolute atomic E-state index is 12.2. The standard InChI is InChI=1S/C8H8ClF3N2/c9-7-3-5(1-2-13)14-4-6(7)8(10,11)12/h3-4H,1-2,13H2. The Morgan fingerprint density at radius 1 is 1.43 bits per heavy atom. The lowest BCUT2D eigenvalue weighted by molar-refractivity contribution is -0.137. The first-order valence-corrected chi connectivity index (χ1v) is 4.24. The highest BCUT2D eigenvalue weighted by Crippen LogP contribution is 2.34. The van der Waals surface area contributed by atoms with Crippen molar-refractivity contribution >= 4 is 11.6 Å². The third kappa shape index (κ3) is 2.59. The molecule has 1 aromatic rings. The van der Waals surface area contributed by atoms with Gasteiger partial charge in [-0.05, 0) is 12.6 Å². The zero-order valence-corrected chi connectivity index (χ0v) is 7.86. The third-order valence-electron chi connectivity index (χ3n) is 1.62. The lowest BCUT2D eigenvalue weighted by atomic mass is 10.2. The first-order valence-electron chi connectivity index (χ1n) is 3.87. The lowest BCUT2D eigenvalue weighted by Gasteiger charge is -2.08. The Morgan fingerprint density at radius 2 is 2.07 bits per heavy atom. The molecule has 6 heteroatoms. The number of nitrogens with two attached hydrogens (primary N) is 1. The van der Waals surface area contributed by atoms with Crippen LogP contribution >= 0.6 is 11.6 Å². The van der Waals surface area contributed by atoms with E-state index in [1.54, 1.807) is 0 Å². The predicted octanol–water partition coefficient (Wildman–Crippen LogP) is 2.25. The Morgan fingerprint density at radius 3 is 2.50 bits per heavy atom. The van der Waals surface area contributed by atoms with Crippen LogP contribution in [-0.2, 0) is 12.6 Å². The van der Waals surface area contributed by atoms with E-state index in [1.807, 2.05) is 0 Å². The van der Waals surface area contributed by atoms with Gasteiger partial charge >= 0.3 is 6.18 Å². The minimum atomic E-state index is -4.45. The van der Waals surface area contributed by atoms with Crippen molar-refractivity contribution in [1.82, 2.24) is 4.98 Å². The molecule has 0 saturated heterocycles. The molecule has 0 bridgehead atoms. The summed E-state index contributed by atoms with van der Waals surface area (Å²) < 4.78 is 36.7. The van der Waals surface area contributed by atoms with Crippen LogP contribution in [0.5, 0.6) is 0 Å². The summed E-state index contributed by atoms with van der Waals surface area (Å²) in [6.45, 7) is 0.328. The fourth-order valence-electron chi connectivity index (χ4n) is 0.964. The molecule has 1 heterocycles. The average Bonchev–Trinajstić information content (AvgIpc) is 2.02. The summed E-state index contributed by atoms with van der Waals surface area (Å²) in [7, 11) is 0. The molecular weight excluding hydrogens is 217 g/mol. The molecule has 0 unspecified atom stereocenters. The fraction of sp³-hybridized carbons (Fsp3) is 0.375.